The number of benzene rings is 3. The van der Waals surface area contributed by atoms with Crippen molar-refractivity contribution in [2.75, 3.05) is 6.61 Å². The first-order chi connectivity index (χ1) is 14.1. The fraction of sp³-hybridized carbons (Fsp3) is 0.280. The molecule has 0 aromatic heterocycles. The van der Waals surface area contributed by atoms with Crippen molar-refractivity contribution in [3.8, 4) is 5.75 Å². The molecule has 0 aliphatic heterocycles. The number of rotatable bonds is 8. The van der Waals surface area contributed by atoms with E-state index in [0.717, 1.165) is 18.4 Å². The van der Waals surface area contributed by atoms with Crippen LogP contribution in [0.4, 0.5) is 0 Å². The summed E-state index contributed by atoms with van der Waals surface area (Å²) in [4.78, 5) is 26.1. The maximum absolute atomic E-state index is 13.2. The lowest BCUT2D eigenvalue weighted by atomic mass is 9.86. The number of unbranched alkanes of at least 4 members (excludes halogenated alkanes) is 1. The molecule has 1 N–H and O–H groups in total. The Morgan fingerprint density at radius 2 is 1.55 bits per heavy atom. The lowest BCUT2D eigenvalue weighted by molar-refractivity contribution is 0.0522. The molecule has 0 atom stereocenters. The highest BCUT2D eigenvalue weighted by Crippen LogP contribution is 2.38. The number of aromatic hydroxyl groups is 1. The van der Waals surface area contributed by atoms with Crippen molar-refractivity contribution in [2.24, 2.45) is 0 Å². The molecule has 3 rings (SSSR count). The zero-order chi connectivity index (χ0) is 20.8. The Morgan fingerprint density at radius 1 is 0.897 bits per heavy atom. The summed E-state index contributed by atoms with van der Waals surface area (Å²) >= 11 is 0. The van der Waals surface area contributed by atoms with E-state index in [1.54, 1.807) is 19.1 Å². The van der Waals surface area contributed by atoms with Crippen LogP contribution in [-0.2, 0) is 11.2 Å². The molecular formula is C25H26O4. The molecule has 3 aromatic rings. The molecule has 4 heteroatoms. The summed E-state index contributed by atoms with van der Waals surface area (Å²) in [6, 6.07) is 16.8. The van der Waals surface area contributed by atoms with Gasteiger partial charge in [-0.25, -0.2) is 4.79 Å². The van der Waals surface area contributed by atoms with Crippen LogP contribution < -0.4 is 0 Å². The number of phenolic OH excluding ortho intramolecular Hbond substituents is 1. The second-order valence-electron chi connectivity index (χ2n) is 7.03. The SMILES string of the molecule is CCCCC(=O)c1c(Cc2ccccc2)c(C(=O)OCC)c(O)c2ccccc12. The summed E-state index contributed by atoms with van der Waals surface area (Å²) in [5.74, 6) is -0.747. The van der Waals surface area contributed by atoms with Gasteiger partial charge in [0.15, 0.2) is 5.78 Å². The van der Waals surface area contributed by atoms with E-state index in [1.807, 2.05) is 49.4 Å². The van der Waals surface area contributed by atoms with Gasteiger partial charge in [0.25, 0.3) is 0 Å². The lowest BCUT2D eigenvalue weighted by Gasteiger charge is -2.19. The topological polar surface area (TPSA) is 63.6 Å². The lowest BCUT2D eigenvalue weighted by Crippen LogP contribution is -2.15. The van der Waals surface area contributed by atoms with Gasteiger partial charge in [0.1, 0.15) is 11.3 Å². The number of fused-ring (bicyclic) bond motifs is 1. The van der Waals surface area contributed by atoms with Gasteiger partial charge in [-0.1, -0.05) is 67.9 Å². The number of hydrogen-bond donors (Lipinski definition) is 1. The fourth-order valence-corrected chi connectivity index (χ4v) is 3.65. The third-order valence-corrected chi connectivity index (χ3v) is 5.03. The molecule has 0 saturated heterocycles. The van der Waals surface area contributed by atoms with E-state index in [2.05, 4.69) is 0 Å². The van der Waals surface area contributed by atoms with Gasteiger partial charge in [-0.15, -0.1) is 0 Å². The highest BCUT2D eigenvalue weighted by atomic mass is 16.5. The first-order valence-corrected chi connectivity index (χ1v) is 10.1. The number of carbonyl (C=O) groups is 2. The van der Waals surface area contributed by atoms with Crippen LogP contribution in [0.2, 0.25) is 0 Å². The van der Waals surface area contributed by atoms with Gasteiger partial charge < -0.3 is 9.84 Å². The fourth-order valence-electron chi connectivity index (χ4n) is 3.65. The monoisotopic (exact) mass is 390 g/mol. The maximum atomic E-state index is 13.2. The van der Waals surface area contributed by atoms with Crippen LogP contribution in [0.3, 0.4) is 0 Å². The van der Waals surface area contributed by atoms with Crippen LogP contribution in [0.25, 0.3) is 10.8 Å². The molecule has 29 heavy (non-hydrogen) atoms. The van der Waals surface area contributed by atoms with Crippen molar-refractivity contribution in [3.05, 3.63) is 76.9 Å². The third-order valence-electron chi connectivity index (χ3n) is 5.03. The molecule has 0 unspecified atom stereocenters. The van der Waals surface area contributed by atoms with Crippen molar-refractivity contribution in [1.82, 2.24) is 0 Å². The molecule has 0 aliphatic rings. The number of hydrogen-bond acceptors (Lipinski definition) is 4. The molecule has 0 bridgehead atoms. The van der Waals surface area contributed by atoms with E-state index in [4.69, 9.17) is 4.74 Å². The van der Waals surface area contributed by atoms with Gasteiger partial charge in [0.05, 0.1) is 6.61 Å². The van der Waals surface area contributed by atoms with E-state index in [9.17, 15) is 14.7 Å². The van der Waals surface area contributed by atoms with Gasteiger partial charge in [0.2, 0.25) is 0 Å². The summed E-state index contributed by atoms with van der Waals surface area (Å²) in [6.45, 7) is 3.95. The summed E-state index contributed by atoms with van der Waals surface area (Å²) < 4.78 is 5.24. The molecule has 0 spiro atoms. The summed E-state index contributed by atoms with van der Waals surface area (Å²) in [5, 5.41) is 12.1. The number of phenols is 1. The molecule has 0 radical (unpaired) electrons. The molecule has 0 amide bonds. The van der Waals surface area contributed by atoms with Gasteiger partial charge in [-0.05, 0) is 36.3 Å². The standard InChI is InChI=1S/C25H26O4/c1-3-5-15-21(26)22-18-13-9-10-14-19(18)24(27)23(25(28)29-4-2)20(22)16-17-11-7-6-8-12-17/h6-14,27H,3-5,15-16H2,1-2H3. The van der Waals surface area contributed by atoms with Crippen molar-refractivity contribution in [1.29, 1.82) is 0 Å². The van der Waals surface area contributed by atoms with Crippen molar-refractivity contribution < 1.29 is 19.4 Å². The maximum Gasteiger partial charge on any atom is 0.342 e. The van der Waals surface area contributed by atoms with E-state index < -0.39 is 5.97 Å². The minimum Gasteiger partial charge on any atom is -0.506 e. The Balaban J connectivity index is 2.32. The van der Waals surface area contributed by atoms with E-state index >= 15 is 0 Å². The first-order valence-electron chi connectivity index (χ1n) is 10.1. The van der Waals surface area contributed by atoms with Gasteiger partial charge in [0, 0.05) is 17.4 Å². The molecule has 0 fully saturated rings. The number of ketones is 1. The quantitative estimate of drug-likeness (QED) is 0.397. The molecule has 0 heterocycles. The van der Waals surface area contributed by atoms with Gasteiger partial charge in [-0.2, -0.15) is 0 Å². The smallest absolute Gasteiger partial charge is 0.342 e. The van der Waals surface area contributed by atoms with Crippen LogP contribution in [0.5, 0.6) is 5.75 Å². The van der Waals surface area contributed by atoms with Crippen molar-refractivity contribution >= 4 is 22.5 Å². The molecule has 0 saturated carbocycles. The molecule has 150 valence electrons. The second-order valence-corrected chi connectivity index (χ2v) is 7.03. The zero-order valence-electron chi connectivity index (χ0n) is 16.9. The normalized spacial score (nSPS) is 10.8. The molecule has 0 aliphatic carbocycles. The molecule has 4 nitrogen and oxygen atoms in total. The first kappa shape index (κ1) is 20.6. The highest BCUT2D eigenvalue weighted by Gasteiger charge is 2.27. The average molecular weight is 390 g/mol. The minimum absolute atomic E-state index is 0.0143. The number of ether oxygens (including phenoxy) is 1. The van der Waals surface area contributed by atoms with Gasteiger partial charge in [-0.3, -0.25) is 4.79 Å². The minimum atomic E-state index is -0.605. The third kappa shape index (κ3) is 4.32. The van der Waals surface area contributed by atoms with Crippen LogP contribution in [0, 0.1) is 0 Å². The van der Waals surface area contributed by atoms with E-state index in [-0.39, 0.29) is 23.7 Å². The van der Waals surface area contributed by atoms with Crippen LogP contribution >= 0.6 is 0 Å². The number of carbonyl (C=O) groups excluding carboxylic acids is 2. The predicted octanol–water partition coefficient (Wildman–Crippen LogP) is 5.69. The largest absolute Gasteiger partial charge is 0.506 e. The number of esters is 1. The van der Waals surface area contributed by atoms with Gasteiger partial charge >= 0.3 is 5.97 Å². The van der Waals surface area contributed by atoms with Crippen LogP contribution in [0.1, 0.15) is 65.0 Å². The second kappa shape index (κ2) is 9.37. The zero-order valence-corrected chi connectivity index (χ0v) is 16.9. The summed E-state index contributed by atoms with van der Waals surface area (Å²) in [7, 11) is 0. The van der Waals surface area contributed by atoms with Crippen molar-refractivity contribution in [2.45, 2.75) is 39.5 Å². The van der Waals surface area contributed by atoms with E-state index in [1.165, 1.54) is 0 Å². The molecule has 3 aromatic carbocycles. The van der Waals surface area contributed by atoms with E-state index in [0.29, 0.717) is 34.7 Å². The summed E-state index contributed by atoms with van der Waals surface area (Å²) in [5.41, 5.74) is 2.09. The Morgan fingerprint density at radius 3 is 2.21 bits per heavy atom. The average Bonchev–Trinajstić information content (AvgIpc) is 2.73. The Kier molecular flexibility index (Phi) is 6.65. The Labute approximate surface area is 171 Å². The number of Topliss-reactive ketones (excluding diaryl/α,β-unsaturated/α-hetero) is 1. The molecular weight excluding hydrogens is 364 g/mol. The Hall–Kier alpha value is -3.14. The summed E-state index contributed by atoms with van der Waals surface area (Å²) in [6.07, 6.45) is 2.43. The van der Waals surface area contributed by atoms with Crippen molar-refractivity contribution in [3.63, 3.8) is 0 Å². The Bertz CT molecular complexity index is 1020. The predicted molar refractivity (Wildman–Crippen MR) is 115 cm³/mol. The van der Waals surface area contributed by atoms with Crippen LogP contribution in [0.15, 0.2) is 54.6 Å². The van der Waals surface area contributed by atoms with Crippen LogP contribution in [-0.4, -0.2) is 23.5 Å². The highest BCUT2D eigenvalue weighted by molar-refractivity contribution is 6.15.